The van der Waals surface area contributed by atoms with Crippen molar-refractivity contribution < 1.29 is 28.7 Å². The van der Waals surface area contributed by atoms with Gasteiger partial charge in [-0.05, 0) is 56.2 Å². The summed E-state index contributed by atoms with van der Waals surface area (Å²) >= 11 is 15.0. The highest BCUT2D eigenvalue weighted by Crippen LogP contribution is 2.46. The van der Waals surface area contributed by atoms with Crippen molar-refractivity contribution in [2.45, 2.75) is 70.1 Å². The number of hydrogen-bond acceptors (Lipinski definition) is 10. The topological polar surface area (TPSA) is 121 Å². The highest BCUT2D eigenvalue weighted by Gasteiger charge is 2.42. The smallest absolute Gasteiger partial charge is 0.336 e. The molecule has 0 spiro atoms. The van der Waals surface area contributed by atoms with Crippen LogP contribution in [0.1, 0.15) is 74.3 Å². The number of nitrogens with zero attached hydrogens (tertiary/aromatic N) is 4. The molecule has 6 rings (SSSR count). The number of allylic oxidation sites excluding steroid dienone is 1. The fraction of sp³-hybridized carbons (Fsp3) is 0.553. The van der Waals surface area contributed by atoms with Gasteiger partial charge in [0.1, 0.15) is 0 Å². The maximum absolute atomic E-state index is 14.0. The Labute approximate surface area is 319 Å². The SMILES string of the molecule is COC(=O)C1=C(CCc2nccs2)NC(CC(=O)N2CCN(CCC3(CN4CCCC4=O)CCCC3)CC2)=C(C(=O)OC)C1c1c(Cl)cccc1Cl. The zero-order valence-corrected chi connectivity index (χ0v) is 32.2. The van der Waals surface area contributed by atoms with Crippen LogP contribution in [-0.2, 0) is 35.1 Å². The van der Waals surface area contributed by atoms with E-state index in [0.29, 0.717) is 55.2 Å². The molecule has 52 heavy (non-hydrogen) atoms. The molecule has 0 radical (unpaired) electrons. The lowest BCUT2D eigenvalue weighted by atomic mass is 9.78. The molecule has 1 atom stereocenters. The molecular formula is C38H47Cl2N5O6S. The predicted molar refractivity (Wildman–Crippen MR) is 200 cm³/mol. The van der Waals surface area contributed by atoms with Gasteiger partial charge in [0.25, 0.3) is 0 Å². The minimum absolute atomic E-state index is 0.0845. The van der Waals surface area contributed by atoms with Crippen molar-refractivity contribution in [2.24, 2.45) is 5.41 Å². The number of piperazine rings is 1. The van der Waals surface area contributed by atoms with Gasteiger partial charge in [-0.15, -0.1) is 11.3 Å². The number of dihydropyridines is 1. The van der Waals surface area contributed by atoms with Gasteiger partial charge in [-0.2, -0.15) is 0 Å². The summed E-state index contributed by atoms with van der Waals surface area (Å²) in [5.41, 5.74) is 1.63. The van der Waals surface area contributed by atoms with Crippen molar-refractivity contribution in [2.75, 3.05) is 60.0 Å². The summed E-state index contributed by atoms with van der Waals surface area (Å²) in [4.78, 5) is 64.5. The third-order valence-electron chi connectivity index (χ3n) is 11.1. The number of amides is 2. The molecule has 4 aliphatic rings. The number of aromatic nitrogens is 1. The van der Waals surface area contributed by atoms with Crippen molar-refractivity contribution in [3.05, 3.63) is 72.9 Å². The first-order valence-corrected chi connectivity index (χ1v) is 19.8. The Balaban J connectivity index is 1.21. The number of methoxy groups -OCH3 is 2. The van der Waals surface area contributed by atoms with Gasteiger partial charge in [-0.3, -0.25) is 14.5 Å². The molecule has 1 N–H and O–H groups in total. The van der Waals surface area contributed by atoms with Crippen molar-refractivity contribution >= 4 is 58.3 Å². The summed E-state index contributed by atoms with van der Waals surface area (Å²) in [5, 5.41) is 6.58. The van der Waals surface area contributed by atoms with Crippen LogP contribution in [0, 0.1) is 5.41 Å². The lowest BCUT2D eigenvalue weighted by Crippen LogP contribution is -2.50. The Morgan fingerprint density at radius 1 is 0.942 bits per heavy atom. The number of ether oxygens (including phenoxy) is 2. The van der Waals surface area contributed by atoms with E-state index < -0.39 is 17.9 Å². The van der Waals surface area contributed by atoms with E-state index >= 15 is 0 Å². The van der Waals surface area contributed by atoms with Gasteiger partial charge < -0.3 is 24.6 Å². The van der Waals surface area contributed by atoms with Crippen LogP contribution < -0.4 is 5.32 Å². The number of benzene rings is 1. The van der Waals surface area contributed by atoms with Gasteiger partial charge in [0, 0.05) is 90.7 Å². The van der Waals surface area contributed by atoms with Gasteiger partial charge in [-0.1, -0.05) is 42.1 Å². The number of aryl methyl sites for hydroxylation is 1. The molecule has 2 aromatic rings. The van der Waals surface area contributed by atoms with E-state index in [-0.39, 0.29) is 38.9 Å². The second kappa shape index (κ2) is 17.1. The van der Waals surface area contributed by atoms with E-state index in [1.54, 1.807) is 24.4 Å². The predicted octanol–water partition coefficient (Wildman–Crippen LogP) is 5.73. The minimum atomic E-state index is -1.05. The standard InChI is InChI=1S/C38H47Cl2N5O6S/c1-50-36(48)33-27(10-11-29-41-15-22-52-29)42-28(34(37(49)51-2)35(33)32-25(39)7-5-8-26(32)40)23-31(47)44-20-18-43(19-21-44)17-14-38(12-3-4-13-38)24-45-16-6-9-30(45)46/h5,7-8,15,22,35,42H,3-4,6,9-14,16-21,23-24H2,1-2H3. The third kappa shape index (κ3) is 8.51. The second-order valence-corrected chi connectivity index (χ2v) is 16.0. The molecule has 280 valence electrons. The van der Waals surface area contributed by atoms with E-state index in [1.807, 2.05) is 10.3 Å². The minimum Gasteiger partial charge on any atom is -0.466 e. The monoisotopic (exact) mass is 771 g/mol. The Kier molecular flexibility index (Phi) is 12.6. The van der Waals surface area contributed by atoms with Gasteiger partial charge >= 0.3 is 11.9 Å². The zero-order chi connectivity index (χ0) is 36.8. The largest absolute Gasteiger partial charge is 0.466 e. The second-order valence-electron chi connectivity index (χ2n) is 14.2. The summed E-state index contributed by atoms with van der Waals surface area (Å²) in [5.74, 6) is -2.27. The fourth-order valence-corrected chi connectivity index (χ4v) is 9.54. The molecule has 14 heteroatoms. The number of rotatable bonds is 13. The molecule has 2 amide bonds. The van der Waals surface area contributed by atoms with Gasteiger partial charge in [0.2, 0.25) is 11.8 Å². The summed E-state index contributed by atoms with van der Waals surface area (Å²) in [6.45, 7) is 5.27. The average molecular weight is 773 g/mol. The highest BCUT2D eigenvalue weighted by molar-refractivity contribution is 7.09. The first kappa shape index (κ1) is 38.3. The Hall–Kier alpha value is -3.45. The molecule has 0 bridgehead atoms. The van der Waals surface area contributed by atoms with Crippen LogP contribution in [-0.4, -0.2) is 103 Å². The maximum atomic E-state index is 14.0. The zero-order valence-electron chi connectivity index (χ0n) is 29.9. The first-order chi connectivity index (χ1) is 25.1. The van der Waals surface area contributed by atoms with Crippen LogP contribution in [0.25, 0.3) is 0 Å². The average Bonchev–Trinajstić information content (AvgIpc) is 3.93. The Bertz CT molecular complexity index is 1700. The quantitative estimate of drug-likeness (QED) is 0.255. The number of esters is 2. The highest BCUT2D eigenvalue weighted by atomic mass is 35.5. The van der Waals surface area contributed by atoms with Crippen LogP contribution in [0.2, 0.25) is 10.0 Å². The molecular weight excluding hydrogens is 725 g/mol. The summed E-state index contributed by atoms with van der Waals surface area (Å²) < 4.78 is 10.5. The lowest BCUT2D eigenvalue weighted by Gasteiger charge is -2.39. The molecule has 1 aromatic heterocycles. The van der Waals surface area contributed by atoms with Crippen LogP contribution >= 0.6 is 34.5 Å². The van der Waals surface area contributed by atoms with E-state index in [9.17, 15) is 19.2 Å². The van der Waals surface area contributed by atoms with Crippen molar-refractivity contribution in [3.8, 4) is 0 Å². The maximum Gasteiger partial charge on any atom is 0.336 e. The molecule has 11 nitrogen and oxygen atoms in total. The number of carbonyl (C=O) groups excluding carboxylic acids is 4. The molecule has 4 heterocycles. The first-order valence-electron chi connectivity index (χ1n) is 18.1. The number of likely N-dealkylation sites (tertiary alicyclic amines) is 1. The van der Waals surface area contributed by atoms with Crippen LogP contribution in [0.15, 0.2) is 52.3 Å². The Morgan fingerprint density at radius 2 is 1.62 bits per heavy atom. The Morgan fingerprint density at radius 3 is 2.21 bits per heavy atom. The van der Waals surface area contributed by atoms with Crippen LogP contribution in [0.4, 0.5) is 0 Å². The molecule has 1 saturated carbocycles. The van der Waals surface area contributed by atoms with Gasteiger partial charge in [-0.25, -0.2) is 14.6 Å². The lowest BCUT2D eigenvalue weighted by molar-refractivity contribution is -0.137. The molecule has 1 unspecified atom stereocenters. The summed E-state index contributed by atoms with van der Waals surface area (Å²) in [6.07, 6.45) is 9.91. The van der Waals surface area contributed by atoms with Crippen molar-refractivity contribution in [1.82, 2.24) is 25.0 Å². The van der Waals surface area contributed by atoms with E-state index in [4.69, 9.17) is 32.7 Å². The van der Waals surface area contributed by atoms with E-state index in [2.05, 4.69) is 20.1 Å². The molecule has 1 aliphatic carbocycles. The van der Waals surface area contributed by atoms with Gasteiger partial charge in [0.15, 0.2) is 0 Å². The number of nitrogens with one attached hydrogen (secondary N) is 1. The normalized spacial score (nSPS) is 20.8. The van der Waals surface area contributed by atoms with E-state index in [0.717, 1.165) is 63.4 Å². The van der Waals surface area contributed by atoms with Crippen molar-refractivity contribution in [3.63, 3.8) is 0 Å². The van der Waals surface area contributed by atoms with Crippen LogP contribution in [0.5, 0.6) is 0 Å². The van der Waals surface area contributed by atoms with Crippen LogP contribution in [0.3, 0.4) is 0 Å². The summed E-state index contributed by atoms with van der Waals surface area (Å²) in [7, 11) is 2.54. The number of thiazole rings is 1. The molecule has 1 aromatic carbocycles. The molecule has 2 saturated heterocycles. The third-order valence-corrected chi connectivity index (χ3v) is 12.6. The fourth-order valence-electron chi connectivity index (χ4n) is 8.30. The van der Waals surface area contributed by atoms with Crippen molar-refractivity contribution in [1.29, 1.82) is 0 Å². The van der Waals surface area contributed by atoms with Gasteiger partial charge in [0.05, 0.1) is 42.7 Å². The molecule has 3 aliphatic heterocycles. The number of hydrogen-bond donors (Lipinski definition) is 1. The summed E-state index contributed by atoms with van der Waals surface area (Å²) in [6, 6.07) is 4.98. The molecule has 3 fully saturated rings. The number of carbonyl (C=O) groups is 4. The number of halogens is 2. The van der Waals surface area contributed by atoms with E-state index in [1.165, 1.54) is 38.4 Å².